The van der Waals surface area contributed by atoms with Crippen LogP contribution in [0, 0.1) is 0 Å². The van der Waals surface area contributed by atoms with Crippen LogP contribution in [-0.2, 0) is 9.53 Å². The average molecular weight is 143 g/mol. The molecular formula is C7H13NO2. The molecule has 0 aromatic carbocycles. The highest BCUT2D eigenvalue weighted by molar-refractivity contribution is 5.81. The molecule has 58 valence electrons. The molecule has 1 rings (SSSR count). The van der Waals surface area contributed by atoms with Crippen molar-refractivity contribution in [3.63, 3.8) is 0 Å². The minimum Gasteiger partial charge on any atom is -0.367 e. The Morgan fingerprint density at radius 1 is 1.80 bits per heavy atom. The van der Waals surface area contributed by atoms with Gasteiger partial charge in [0.15, 0.2) is 0 Å². The smallest absolute Gasteiger partial charge is 0.251 e. The predicted octanol–water partition coefficient (Wildman–Crippen LogP) is 0.254. The van der Waals surface area contributed by atoms with Crippen LogP contribution in [0.1, 0.15) is 13.8 Å². The Kier molecular flexibility index (Phi) is 2.27. The van der Waals surface area contributed by atoms with Crippen molar-refractivity contribution in [3.05, 3.63) is 0 Å². The molecule has 0 spiro atoms. The van der Waals surface area contributed by atoms with Crippen molar-refractivity contribution in [3.8, 4) is 0 Å². The summed E-state index contributed by atoms with van der Waals surface area (Å²) in [5, 5.41) is 0. The van der Waals surface area contributed by atoms with Gasteiger partial charge in [-0.25, -0.2) is 0 Å². The molecule has 0 N–H and O–H groups in total. The third-order valence-electron chi connectivity index (χ3n) is 1.77. The van der Waals surface area contributed by atoms with Gasteiger partial charge in [0.2, 0.25) is 0 Å². The molecule has 3 heteroatoms. The number of morpholine rings is 1. The van der Waals surface area contributed by atoms with Crippen LogP contribution < -0.4 is 0 Å². The number of ether oxygens (including phenoxy) is 1. The summed E-state index contributed by atoms with van der Waals surface area (Å²) >= 11 is 0. The highest BCUT2D eigenvalue weighted by Crippen LogP contribution is 2.04. The lowest BCUT2D eigenvalue weighted by Crippen LogP contribution is -2.46. The summed E-state index contributed by atoms with van der Waals surface area (Å²) in [4.78, 5) is 13.0. The fourth-order valence-corrected chi connectivity index (χ4v) is 1.09. The van der Waals surface area contributed by atoms with Crippen molar-refractivity contribution in [2.45, 2.75) is 20.0 Å². The summed E-state index contributed by atoms with van der Waals surface area (Å²) in [6, 6.07) is 0. The second kappa shape index (κ2) is 3.01. The van der Waals surface area contributed by atoms with E-state index in [-0.39, 0.29) is 12.0 Å². The quantitative estimate of drug-likeness (QED) is 0.526. The summed E-state index contributed by atoms with van der Waals surface area (Å²) in [6.07, 6.45) is -0.228. The molecule has 1 amide bonds. The third kappa shape index (κ3) is 1.29. The van der Waals surface area contributed by atoms with Crippen molar-refractivity contribution in [2.24, 2.45) is 0 Å². The molecule has 1 aliphatic heterocycles. The van der Waals surface area contributed by atoms with Crippen LogP contribution in [0.3, 0.4) is 0 Å². The van der Waals surface area contributed by atoms with Gasteiger partial charge < -0.3 is 9.64 Å². The van der Waals surface area contributed by atoms with Gasteiger partial charge in [0.05, 0.1) is 6.61 Å². The van der Waals surface area contributed by atoms with Crippen molar-refractivity contribution in [1.82, 2.24) is 4.90 Å². The van der Waals surface area contributed by atoms with Crippen molar-refractivity contribution >= 4 is 5.91 Å². The Bertz CT molecular complexity index is 136. The Labute approximate surface area is 61.0 Å². The molecule has 10 heavy (non-hydrogen) atoms. The van der Waals surface area contributed by atoms with Crippen molar-refractivity contribution < 1.29 is 9.53 Å². The van der Waals surface area contributed by atoms with E-state index >= 15 is 0 Å². The van der Waals surface area contributed by atoms with Gasteiger partial charge >= 0.3 is 0 Å². The first-order chi connectivity index (χ1) is 4.75. The van der Waals surface area contributed by atoms with Crippen LogP contribution in [0.2, 0.25) is 0 Å². The van der Waals surface area contributed by atoms with Crippen LogP contribution in [0.5, 0.6) is 0 Å². The van der Waals surface area contributed by atoms with Gasteiger partial charge in [-0.05, 0) is 13.8 Å². The SMILES string of the molecule is CCN1CCO[C@H](C)C1=O. The number of hydrogen-bond acceptors (Lipinski definition) is 2. The summed E-state index contributed by atoms with van der Waals surface area (Å²) in [5.74, 6) is 0.119. The molecular weight excluding hydrogens is 130 g/mol. The first-order valence-electron chi connectivity index (χ1n) is 3.66. The zero-order chi connectivity index (χ0) is 7.56. The molecule has 0 saturated carbocycles. The first-order valence-corrected chi connectivity index (χ1v) is 3.66. The van der Waals surface area contributed by atoms with Gasteiger partial charge in [-0.2, -0.15) is 0 Å². The maximum absolute atomic E-state index is 11.2. The van der Waals surface area contributed by atoms with Gasteiger partial charge in [0, 0.05) is 13.1 Å². The van der Waals surface area contributed by atoms with Crippen molar-refractivity contribution in [1.29, 1.82) is 0 Å². The Morgan fingerprint density at radius 3 is 3.00 bits per heavy atom. The maximum atomic E-state index is 11.2. The number of likely N-dealkylation sites (N-methyl/N-ethyl adjacent to an activating group) is 1. The van der Waals surface area contributed by atoms with E-state index in [0.29, 0.717) is 6.61 Å². The van der Waals surface area contributed by atoms with E-state index in [1.807, 2.05) is 11.8 Å². The number of nitrogens with zero attached hydrogens (tertiary/aromatic N) is 1. The van der Waals surface area contributed by atoms with Crippen LogP contribution in [0.4, 0.5) is 0 Å². The van der Waals surface area contributed by atoms with E-state index < -0.39 is 0 Å². The van der Waals surface area contributed by atoms with E-state index in [9.17, 15) is 4.79 Å². The highest BCUT2D eigenvalue weighted by Gasteiger charge is 2.23. The highest BCUT2D eigenvalue weighted by atomic mass is 16.5. The Hall–Kier alpha value is -0.570. The molecule has 0 radical (unpaired) electrons. The molecule has 0 aromatic heterocycles. The molecule has 1 aliphatic rings. The number of rotatable bonds is 1. The third-order valence-corrected chi connectivity index (χ3v) is 1.77. The van der Waals surface area contributed by atoms with Gasteiger partial charge in [-0.3, -0.25) is 4.79 Å². The number of amides is 1. The van der Waals surface area contributed by atoms with E-state index in [4.69, 9.17) is 4.74 Å². The molecule has 0 aliphatic carbocycles. The van der Waals surface area contributed by atoms with E-state index in [2.05, 4.69) is 0 Å². The fourth-order valence-electron chi connectivity index (χ4n) is 1.09. The monoisotopic (exact) mass is 143 g/mol. The zero-order valence-electron chi connectivity index (χ0n) is 6.46. The largest absolute Gasteiger partial charge is 0.367 e. The van der Waals surface area contributed by atoms with E-state index in [1.165, 1.54) is 0 Å². The molecule has 0 aromatic rings. The zero-order valence-corrected chi connectivity index (χ0v) is 6.46. The summed E-state index contributed by atoms with van der Waals surface area (Å²) in [7, 11) is 0. The van der Waals surface area contributed by atoms with Crippen LogP contribution in [-0.4, -0.2) is 36.6 Å². The lowest BCUT2D eigenvalue weighted by molar-refractivity contribution is -0.150. The second-order valence-corrected chi connectivity index (χ2v) is 2.43. The van der Waals surface area contributed by atoms with Crippen LogP contribution >= 0.6 is 0 Å². The van der Waals surface area contributed by atoms with Gasteiger partial charge in [0.1, 0.15) is 6.10 Å². The Morgan fingerprint density at radius 2 is 2.50 bits per heavy atom. The second-order valence-electron chi connectivity index (χ2n) is 2.43. The van der Waals surface area contributed by atoms with Gasteiger partial charge in [-0.1, -0.05) is 0 Å². The summed E-state index contributed by atoms with van der Waals surface area (Å²) < 4.78 is 5.13. The molecule has 0 bridgehead atoms. The van der Waals surface area contributed by atoms with Crippen molar-refractivity contribution in [2.75, 3.05) is 19.7 Å². The molecule has 1 fully saturated rings. The maximum Gasteiger partial charge on any atom is 0.251 e. The van der Waals surface area contributed by atoms with Gasteiger partial charge in [-0.15, -0.1) is 0 Å². The Balaban J connectivity index is 2.51. The van der Waals surface area contributed by atoms with Gasteiger partial charge in [0.25, 0.3) is 5.91 Å². The number of carbonyl (C=O) groups excluding carboxylic acids is 1. The molecule has 1 heterocycles. The average Bonchev–Trinajstić information content (AvgIpc) is 1.95. The van der Waals surface area contributed by atoms with E-state index in [0.717, 1.165) is 13.1 Å². The van der Waals surface area contributed by atoms with Crippen LogP contribution in [0.25, 0.3) is 0 Å². The normalized spacial score (nSPS) is 27.2. The lowest BCUT2D eigenvalue weighted by atomic mass is 10.3. The molecule has 1 atom stereocenters. The van der Waals surface area contributed by atoms with Crippen LogP contribution in [0.15, 0.2) is 0 Å². The summed E-state index contributed by atoms with van der Waals surface area (Å²) in [5.41, 5.74) is 0. The predicted molar refractivity (Wildman–Crippen MR) is 37.7 cm³/mol. The standard InChI is InChI=1S/C7H13NO2/c1-3-8-4-5-10-6(2)7(8)9/h6H,3-5H2,1-2H3/t6-/m1/s1. The fraction of sp³-hybridized carbons (Fsp3) is 0.857. The molecule has 3 nitrogen and oxygen atoms in total. The number of carbonyl (C=O) groups is 1. The molecule has 0 unspecified atom stereocenters. The number of hydrogen-bond donors (Lipinski definition) is 0. The first kappa shape index (κ1) is 7.54. The molecule has 1 saturated heterocycles. The minimum atomic E-state index is -0.228. The lowest BCUT2D eigenvalue weighted by Gasteiger charge is -2.29. The minimum absolute atomic E-state index is 0.119. The summed E-state index contributed by atoms with van der Waals surface area (Å²) in [6.45, 7) is 6.01. The van der Waals surface area contributed by atoms with E-state index in [1.54, 1.807) is 6.92 Å². The topological polar surface area (TPSA) is 29.5 Å².